The van der Waals surface area contributed by atoms with E-state index in [1.54, 1.807) is 14.2 Å². The lowest BCUT2D eigenvalue weighted by Gasteiger charge is -2.46. The second-order valence-corrected chi connectivity index (χ2v) is 6.92. The second-order valence-electron chi connectivity index (χ2n) is 6.92. The lowest BCUT2D eigenvalue weighted by molar-refractivity contribution is 0.137. The van der Waals surface area contributed by atoms with E-state index in [0.717, 1.165) is 35.8 Å². The molecule has 0 aromatic heterocycles. The van der Waals surface area contributed by atoms with Gasteiger partial charge in [-0.15, -0.1) is 0 Å². The first-order valence-electron chi connectivity index (χ1n) is 8.58. The summed E-state index contributed by atoms with van der Waals surface area (Å²) in [6.45, 7) is 0.316. The number of hydrogen-bond acceptors (Lipinski definition) is 5. The standard InChI is InChI=1S/C20H21NO4/c1-21-15-5-12-7-19-20(25-10-24-19)9-14(12)16(21)4-11-6-17(22-2)18(23-3)8-13(11)15/h6-9,15-16H,4-5,10H2,1-3H3/t15-,16+/m0/s1. The van der Waals surface area contributed by atoms with E-state index < -0.39 is 0 Å². The Bertz CT molecular complexity index is 863. The summed E-state index contributed by atoms with van der Waals surface area (Å²) in [6, 6.07) is 9.29. The van der Waals surface area contributed by atoms with Crippen molar-refractivity contribution in [3.63, 3.8) is 0 Å². The van der Waals surface area contributed by atoms with Crippen LogP contribution in [-0.4, -0.2) is 33.0 Å². The van der Waals surface area contributed by atoms with Gasteiger partial charge in [0.25, 0.3) is 0 Å². The number of benzene rings is 2. The number of likely N-dealkylation sites (N-methyl/N-ethyl adjacent to an activating group) is 1. The van der Waals surface area contributed by atoms with Gasteiger partial charge in [0.15, 0.2) is 23.0 Å². The Morgan fingerprint density at radius 3 is 2.08 bits per heavy atom. The molecule has 0 spiro atoms. The van der Waals surface area contributed by atoms with Crippen LogP contribution in [0, 0.1) is 0 Å². The van der Waals surface area contributed by atoms with E-state index in [4.69, 9.17) is 18.9 Å². The number of nitrogens with zero attached hydrogens (tertiary/aromatic N) is 1. The maximum atomic E-state index is 5.60. The molecule has 0 saturated carbocycles. The monoisotopic (exact) mass is 339 g/mol. The molecule has 0 radical (unpaired) electrons. The van der Waals surface area contributed by atoms with Crippen molar-refractivity contribution in [2.75, 3.05) is 28.1 Å². The van der Waals surface area contributed by atoms with E-state index in [0.29, 0.717) is 18.9 Å². The van der Waals surface area contributed by atoms with Crippen LogP contribution in [0.25, 0.3) is 0 Å². The van der Waals surface area contributed by atoms with Crippen LogP contribution in [-0.2, 0) is 12.8 Å². The molecule has 25 heavy (non-hydrogen) atoms. The largest absolute Gasteiger partial charge is 0.493 e. The Labute approximate surface area is 147 Å². The van der Waals surface area contributed by atoms with Gasteiger partial charge in [0.1, 0.15) is 0 Å². The number of ether oxygens (including phenoxy) is 4. The van der Waals surface area contributed by atoms with Gasteiger partial charge in [-0.05, 0) is 66.4 Å². The molecule has 3 aliphatic heterocycles. The third kappa shape index (κ3) is 2.05. The molecule has 0 aliphatic carbocycles. The van der Waals surface area contributed by atoms with Crippen LogP contribution >= 0.6 is 0 Å². The number of fused-ring (bicyclic) bond motifs is 7. The zero-order valence-electron chi connectivity index (χ0n) is 14.7. The number of methoxy groups -OCH3 is 2. The molecule has 5 heteroatoms. The Hall–Kier alpha value is -2.40. The topological polar surface area (TPSA) is 40.2 Å². The molecule has 5 nitrogen and oxygen atoms in total. The molecule has 0 fully saturated rings. The maximum absolute atomic E-state index is 5.60. The van der Waals surface area contributed by atoms with Gasteiger partial charge in [-0.1, -0.05) is 0 Å². The minimum absolute atomic E-state index is 0.316. The highest BCUT2D eigenvalue weighted by Gasteiger charge is 2.39. The fourth-order valence-electron chi connectivity index (χ4n) is 4.49. The van der Waals surface area contributed by atoms with Crippen LogP contribution in [0.15, 0.2) is 24.3 Å². The molecule has 0 amide bonds. The van der Waals surface area contributed by atoms with Gasteiger partial charge in [0, 0.05) is 12.1 Å². The third-order valence-electron chi connectivity index (χ3n) is 5.81. The minimum atomic E-state index is 0.316. The first-order chi connectivity index (χ1) is 12.2. The molecule has 3 heterocycles. The summed E-state index contributed by atoms with van der Waals surface area (Å²) in [7, 11) is 5.59. The van der Waals surface area contributed by atoms with E-state index in [9.17, 15) is 0 Å². The number of hydrogen-bond donors (Lipinski definition) is 0. The first-order valence-corrected chi connectivity index (χ1v) is 8.58. The van der Waals surface area contributed by atoms with Crippen LogP contribution in [0.2, 0.25) is 0 Å². The van der Waals surface area contributed by atoms with Crippen molar-refractivity contribution in [1.82, 2.24) is 4.90 Å². The minimum Gasteiger partial charge on any atom is -0.493 e. The van der Waals surface area contributed by atoms with Crippen molar-refractivity contribution < 1.29 is 18.9 Å². The fraction of sp³-hybridized carbons (Fsp3) is 0.400. The van der Waals surface area contributed by atoms with Crippen molar-refractivity contribution in [3.8, 4) is 23.0 Å². The Kier molecular flexibility index (Phi) is 3.16. The molecule has 130 valence electrons. The second kappa shape index (κ2) is 5.30. The molecule has 2 aromatic carbocycles. The molecule has 0 N–H and O–H groups in total. The highest BCUT2D eigenvalue weighted by molar-refractivity contribution is 5.55. The van der Waals surface area contributed by atoms with Crippen LogP contribution < -0.4 is 18.9 Å². The van der Waals surface area contributed by atoms with E-state index >= 15 is 0 Å². The Morgan fingerprint density at radius 1 is 0.840 bits per heavy atom. The normalized spacial score (nSPS) is 23.0. The highest BCUT2D eigenvalue weighted by atomic mass is 16.7. The van der Waals surface area contributed by atoms with Gasteiger partial charge in [0.2, 0.25) is 6.79 Å². The van der Waals surface area contributed by atoms with Crippen LogP contribution in [0.3, 0.4) is 0 Å². The first kappa shape index (κ1) is 14.9. The summed E-state index contributed by atoms with van der Waals surface area (Å²) >= 11 is 0. The predicted octanol–water partition coefficient (Wildman–Crippen LogP) is 3.26. The smallest absolute Gasteiger partial charge is 0.231 e. The van der Waals surface area contributed by atoms with Gasteiger partial charge in [-0.2, -0.15) is 0 Å². The van der Waals surface area contributed by atoms with Gasteiger partial charge < -0.3 is 18.9 Å². The van der Waals surface area contributed by atoms with Crippen molar-refractivity contribution in [2.24, 2.45) is 0 Å². The lowest BCUT2D eigenvalue weighted by Crippen LogP contribution is -2.40. The van der Waals surface area contributed by atoms with Crippen molar-refractivity contribution in [3.05, 3.63) is 46.5 Å². The van der Waals surface area contributed by atoms with Crippen LogP contribution in [0.1, 0.15) is 34.3 Å². The third-order valence-corrected chi connectivity index (χ3v) is 5.81. The summed E-state index contributed by atoms with van der Waals surface area (Å²) in [5.41, 5.74) is 5.38. The van der Waals surface area contributed by atoms with Crippen LogP contribution in [0.4, 0.5) is 0 Å². The average Bonchev–Trinajstić information content (AvgIpc) is 3.08. The highest BCUT2D eigenvalue weighted by Crippen LogP contribution is 2.50. The van der Waals surface area contributed by atoms with E-state index in [1.165, 1.54) is 22.3 Å². The zero-order chi connectivity index (χ0) is 17.1. The van der Waals surface area contributed by atoms with Gasteiger partial charge >= 0.3 is 0 Å². The molecular formula is C20H21NO4. The Morgan fingerprint density at radius 2 is 1.40 bits per heavy atom. The van der Waals surface area contributed by atoms with E-state index in [2.05, 4.69) is 36.2 Å². The average molecular weight is 339 g/mol. The van der Waals surface area contributed by atoms with Crippen molar-refractivity contribution in [2.45, 2.75) is 24.9 Å². The summed E-state index contributed by atoms with van der Waals surface area (Å²) in [4.78, 5) is 2.47. The SMILES string of the molecule is COc1cc2c(cc1OC)[C@@H]1Cc3cc4c(cc3[C@@H](C2)N1C)OCO4. The molecule has 3 aliphatic rings. The molecule has 2 atom stereocenters. The quantitative estimate of drug-likeness (QED) is 0.840. The van der Waals surface area contributed by atoms with Gasteiger partial charge in [-0.3, -0.25) is 4.90 Å². The summed E-state index contributed by atoms with van der Waals surface area (Å²) in [6.07, 6.45) is 1.91. The Balaban J connectivity index is 1.64. The maximum Gasteiger partial charge on any atom is 0.231 e. The van der Waals surface area contributed by atoms with Crippen LogP contribution in [0.5, 0.6) is 23.0 Å². The molecule has 0 unspecified atom stereocenters. The van der Waals surface area contributed by atoms with Gasteiger partial charge in [-0.25, -0.2) is 0 Å². The fourth-order valence-corrected chi connectivity index (χ4v) is 4.49. The summed E-state index contributed by atoms with van der Waals surface area (Å²) in [5, 5.41) is 0. The molecule has 5 rings (SSSR count). The lowest BCUT2D eigenvalue weighted by atomic mass is 9.76. The predicted molar refractivity (Wildman–Crippen MR) is 92.8 cm³/mol. The van der Waals surface area contributed by atoms with Crippen molar-refractivity contribution in [1.29, 1.82) is 0 Å². The van der Waals surface area contributed by atoms with E-state index in [1.807, 2.05) is 0 Å². The summed E-state index contributed by atoms with van der Waals surface area (Å²) < 4.78 is 22.2. The molecule has 2 bridgehead atoms. The number of rotatable bonds is 2. The molecule has 0 saturated heterocycles. The van der Waals surface area contributed by atoms with Crippen molar-refractivity contribution >= 4 is 0 Å². The summed E-state index contributed by atoms with van der Waals surface area (Å²) in [5.74, 6) is 3.33. The zero-order valence-corrected chi connectivity index (χ0v) is 14.7. The molecular weight excluding hydrogens is 318 g/mol. The van der Waals surface area contributed by atoms with Gasteiger partial charge in [0.05, 0.1) is 14.2 Å². The van der Waals surface area contributed by atoms with E-state index in [-0.39, 0.29) is 0 Å². The molecule has 2 aromatic rings.